The average molecular weight is 211 g/mol. The summed E-state index contributed by atoms with van der Waals surface area (Å²) in [5, 5.41) is 0. The number of hydrogen-bond acceptors (Lipinski definition) is 2. The normalized spacial score (nSPS) is 13.4. The van der Waals surface area contributed by atoms with E-state index in [1.165, 1.54) is 0 Å². The highest BCUT2D eigenvalue weighted by Crippen LogP contribution is 2.12. The molecule has 2 nitrogen and oxygen atoms in total. The number of rotatable bonds is 4. The van der Waals surface area contributed by atoms with E-state index < -0.39 is 7.22 Å². The summed E-state index contributed by atoms with van der Waals surface area (Å²) in [7, 11) is 3.71. The molecule has 11 heavy (non-hydrogen) atoms. The summed E-state index contributed by atoms with van der Waals surface area (Å²) in [5.41, 5.74) is 0. The number of hydrogen-bond donors (Lipinski definition) is 0. The van der Waals surface area contributed by atoms with Crippen LogP contribution < -0.4 is 0 Å². The summed E-state index contributed by atoms with van der Waals surface area (Å²) in [6.45, 7) is 6.43. The Kier molecular flexibility index (Phi) is 4.89. The summed E-state index contributed by atoms with van der Waals surface area (Å²) < 4.78 is 4.62. The van der Waals surface area contributed by atoms with E-state index in [9.17, 15) is 0 Å². The molecular formula is C6H19ClN2Si2. The second-order valence-corrected chi connectivity index (χ2v) is 14.5. The van der Waals surface area contributed by atoms with E-state index in [4.69, 9.17) is 11.1 Å². The molecule has 5 heteroatoms. The van der Waals surface area contributed by atoms with Crippen molar-refractivity contribution in [2.24, 2.45) is 0 Å². The highest BCUT2D eigenvalue weighted by Gasteiger charge is 2.33. The quantitative estimate of drug-likeness (QED) is 0.474. The van der Waals surface area contributed by atoms with Gasteiger partial charge in [0.05, 0.1) is 9.76 Å². The Hall–Kier alpha value is 0.644. The molecule has 0 bridgehead atoms. The van der Waals surface area contributed by atoms with Crippen molar-refractivity contribution in [3.05, 3.63) is 0 Å². The number of halogens is 1. The molecule has 0 aliphatic heterocycles. The van der Waals surface area contributed by atoms with Crippen LogP contribution in [0.15, 0.2) is 0 Å². The summed E-state index contributed by atoms with van der Waals surface area (Å²) in [6.07, 6.45) is 0. The van der Waals surface area contributed by atoms with E-state index >= 15 is 0 Å². The molecule has 0 unspecified atom stereocenters. The SMILES string of the molecule is CCN(C)[Si]([SiH3])(Cl)N(C)CC. The van der Waals surface area contributed by atoms with Gasteiger partial charge in [0, 0.05) is 0 Å². The van der Waals surface area contributed by atoms with Crippen LogP contribution in [0.1, 0.15) is 13.8 Å². The fraction of sp³-hybridized carbons (Fsp3) is 1.00. The summed E-state index contributed by atoms with van der Waals surface area (Å²) in [4.78, 5) is 0. The molecule has 0 N–H and O–H groups in total. The van der Waals surface area contributed by atoms with Gasteiger partial charge in [-0.05, 0) is 27.2 Å². The van der Waals surface area contributed by atoms with Gasteiger partial charge < -0.3 is 9.13 Å². The van der Waals surface area contributed by atoms with Crippen LogP contribution in [0.3, 0.4) is 0 Å². The fourth-order valence-corrected chi connectivity index (χ4v) is 5.22. The van der Waals surface area contributed by atoms with Crippen LogP contribution in [-0.2, 0) is 0 Å². The lowest BCUT2D eigenvalue weighted by Gasteiger charge is -2.37. The lowest BCUT2D eigenvalue weighted by Crippen LogP contribution is -2.60. The standard InChI is InChI=1S/C6H19ClN2Si2/c1-5-8(3)11(7,10)9(4)6-2/h5-6H2,1-4,10H3. The lowest BCUT2D eigenvalue weighted by atomic mass is 10.8. The van der Waals surface area contributed by atoms with Crippen LogP contribution in [0, 0.1) is 0 Å². The van der Waals surface area contributed by atoms with Crippen LogP contribution >= 0.6 is 11.1 Å². The molecule has 0 aromatic rings. The van der Waals surface area contributed by atoms with Gasteiger partial charge in [-0.15, -0.1) is 11.1 Å². The van der Waals surface area contributed by atoms with Crippen LogP contribution in [-0.4, -0.2) is 53.3 Å². The van der Waals surface area contributed by atoms with Crippen molar-refractivity contribution in [1.82, 2.24) is 9.13 Å². The molecule has 0 atom stereocenters. The van der Waals surface area contributed by atoms with Crippen molar-refractivity contribution >= 4 is 28.1 Å². The minimum absolute atomic E-state index is 1.06. The molecule has 0 saturated heterocycles. The first-order chi connectivity index (χ1) is 4.96. The third kappa shape index (κ3) is 2.87. The predicted molar refractivity (Wildman–Crippen MR) is 58.2 cm³/mol. The lowest BCUT2D eigenvalue weighted by molar-refractivity contribution is 0.450. The molecule has 0 aromatic heterocycles. The van der Waals surface area contributed by atoms with Crippen LogP contribution in [0.25, 0.3) is 0 Å². The minimum Gasteiger partial charge on any atom is -0.306 e. The van der Waals surface area contributed by atoms with Gasteiger partial charge in [0.15, 0.2) is 0 Å². The van der Waals surface area contributed by atoms with Crippen molar-refractivity contribution in [1.29, 1.82) is 0 Å². The first-order valence-electron chi connectivity index (χ1n) is 4.08. The third-order valence-corrected chi connectivity index (χ3v) is 12.1. The average Bonchev–Trinajstić information content (AvgIpc) is 2.01. The van der Waals surface area contributed by atoms with Gasteiger partial charge in [-0.3, -0.25) is 0 Å². The second kappa shape index (κ2) is 4.62. The molecule has 0 aliphatic rings. The van der Waals surface area contributed by atoms with Crippen molar-refractivity contribution in [2.75, 3.05) is 27.2 Å². The van der Waals surface area contributed by atoms with Gasteiger partial charge in [-0.25, -0.2) is 0 Å². The molecule has 0 radical (unpaired) electrons. The monoisotopic (exact) mass is 210 g/mol. The van der Waals surface area contributed by atoms with Crippen LogP contribution in [0.2, 0.25) is 0 Å². The van der Waals surface area contributed by atoms with Crippen molar-refractivity contribution in [3.8, 4) is 0 Å². The molecular weight excluding hydrogens is 192 g/mol. The van der Waals surface area contributed by atoms with Gasteiger partial charge in [-0.2, -0.15) is 0 Å². The van der Waals surface area contributed by atoms with Gasteiger partial charge >= 0.3 is 0 Å². The van der Waals surface area contributed by atoms with Gasteiger partial charge in [0.2, 0.25) is 0 Å². The molecule has 0 saturated carbocycles. The zero-order valence-corrected chi connectivity index (χ0v) is 11.9. The zero-order valence-electron chi connectivity index (χ0n) is 8.19. The molecule has 0 fully saturated rings. The van der Waals surface area contributed by atoms with E-state index in [0.717, 1.165) is 22.8 Å². The smallest absolute Gasteiger partial charge is 0.277 e. The Labute approximate surface area is 78.6 Å². The molecule has 0 heterocycles. The fourth-order valence-electron chi connectivity index (χ4n) is 0.869. The highest BCUT2D eigenvalue weighted by molar-refractivity contribution is 7.40. The molecule has 0 amide bonds. The molecule has 0 aromatic carbocycles. The van der Waals surface area contributed by atoms with E-state index in [1.54, 1.807) is 0 Å². The maximum absolute atomic E-state index is 6.49. The zero-order chi connectivity index (χ0) is 9.07. The Morgan fingerprint density at radius 1 is 1.18 bits per heavy atom. The third-order valence-electron chi connectivity index (χ3n) is 2.34. The van der Waals surface area contributed by atoms with Crippen LogP contribution in [0.5, 0.6) is 0 Å². The maximum Gasteiger partial charge on any atom is 0.277 e. The van der Waals surface area contributed by atoms with Gasteiger partial charge in [-0.1, -0.05) is 13.8 Å². The molecule has 0 aliphatic carbocycles. The van der Waals surface area contributed by atoms with Gasteiger partial charge in [0.1, 0.15) is 0 Å². The van der Waals surface area contributed by atoms with E-state index in [0.29, 0.717) is 0 Å². The molecule has 0 rings (SSSR count). The predicted octanol–water partition coefficient (Wildman–Crippen LogP) is -0.0704. The summed E-state index contributed by atoms with van der Waals surface area (Å²) >= 11 is 6.49. The Bertz CT molecular complexity index is 109. The van der Waals surface area contributed by atoms with Gasteiger partial charge in [0.25, 0.3) is 7.22 Å². The maximum atomic E-state index is 6.49. The first kappa shape index (κ1) is 11.6. The molecule has 68 valence electrons. The van der Waals surface area contributed by atoms with E-state index in [-0.39, 0.29) is 0 Å². The van der Waals surface area contributed by atoms with Crippen molar-refractivity contribution in [3.63, 3.8) is 0 Å². The summed E-state index contributed by atoms with van der Waals surface area (Å²) in [6, 6.07) is 0. The molecule has 0 spiro atoms. The van der Waals surface area contributed by atoms with Crippen molar-refractivity contribution in [2.45, 2.75) is 13.8 Å². The Morgan fingerprint density at radius 2 is 1.45 bits per heavy atom. The van der Waals surface area contributed by atoms with Crippen molar-refractivity contribution < 1.29 is 0 Å². The Balaban J connectivity index is 4.18. The topological polar surface area (TPSA) is 6.48 Å². The first-order valence-corrected chi connectivity index (χ1v) is 10.5. The minimum atomic E-state index is -1.63. The Morgan fingerprint density at radius 3 is 1.64 bits per heavy atom. The summed E-state index contributed by atoms with van der Waals surface area (Å²) in [5.74, 6) is 0. The largest absolute Gasteiger partial charge is 0.306 e. The van der Waals surface area contributed by atoms with E-state index in [1.807, 2.05) is 0 Å². The van der Waals surface area contributed by atoms with E-state index in [2.05, 4.69) is 37.1 Å². The second-order valence-electron chi connectivity index (χ2n) is 2.93. The van der Waals surface area contributed by atoms with Crippen LogP contribution in [0.4, 0.5) is 0 Å². The number of nitrogens with zero attached hydrogens (tertiary/aromatic N) is 2. The highest BCUT2D eigenvalue weighted by atomic mass is 35.6.